The molecule has 5 fully saturated rings. The maximum absolute atomic E-state index is 12.9. The number of fused-ring (bicyclic) bond motifs is 2. The molecule has 438 valence electrons. The van der Waals surface area contributed by atoms with Crippen molar-refractivity contribution >= 4 is 54.7 Å². The number of likely N-dealkylation sites (N-methyl/N-ethyl adjacent to an activating group) is 2. The highest BCUT2D eigenvalue weighted by Crippen LogP contribution is 2.43. The van der Waals surface area contributed by atoms with Gasteiger partial charge in [-0.15, -0.1) is 0 Å². The van der Waals surface area contributed by atoms with Crippen molar-refractivity contribution in [2.24, 2.45) is 0 Å². The first-order valence-corrected chi connectivity index (χ1v) is 29.2. The molecule has 2 amide bonds. The van der Waals surface area contributed by atoms with Crippen LogP contribution in [-0.4, -0.2) is 163 Å². The highest BCUT2D eigenvalue weighted by Gasteiger charge is 2.64. The van der Waals surface area contributed by atoms with E-state index in [-0.39, 0.29) is 42.0 Å². The zero-order chi connectivity index (χ0) is 57.6. The lowest BCUT2D eigenvalue weighted by Gasteiger charge is -2.32. The van der Waals surface area contributed by atoms with Gasteiger partial charge in [-0.3, -0.25) is 19.6 Å². The van der Waals surface area contributed by atoms with Crippen molar-refractivity contribution in [2.75, 3.05) is 66.5 Å². The van der Waals surface area contributed by atoms with E-state index >= 15 is 0 Å². The molecule has 16 nitrogen and oxygen atoms in total. The summed E-state index contributed by atoms with van der Waals surface area (Å²) >= 11 is 3.39. The summed E-state index contributed by atoms with van der Waals surface area (Å²) in [5, 5.41) is 0. The van der Waals surface area contributed by atoms with Crippen molar-refractivity contribution < 1.29 is 47.0 Å². The highest BCUT2D eigenvalue weighted by atomic mass is 79.9. The molecule has 0 unspecified atom stereocenters. The summed E-state index contributed by atoms with van der Waals surface area (Å²) in [4.78, 5) is 38.6. The third-order valence-electron chi connectivity index (χ3n) is 17.9. The molecule has 7 aliphatic rings. The predicted octanol–water partition coefficient (Wildman–Crippen LogP) is 9.84. The minimum Gasteiger partial charge on any atom is -0.410 e. The lowest BCUT2D eigenvalue weighted by Crippen LogP contribution is -2.43. The van der Waals surface area contributed by atoms with E-state index in [2.05, 4.69) is 86.0 Å². The Morgan fingerprint density at radius 1 is 0.457 bits per heavy atom. The molecule has 7 aliphatic heterocycles. The van der Waals surface area contributed by atoms with Gasteiger partial charge in [-0.25, -0.2) is 9.59 Å². The van der Waals surface area contributed by atoms with Gasteiger partial charge in [-0.05, 0) is 172 Å². The molecule has 0 N–H and O–H groups in total. The summed E-state index contributed by atoms with van der Waals surface area (Å²) in [6, 6.07) is 27.9. The number of hydrogen-bond acceptors (Lipinski definition) is 14. The van der Waals surface area contributed by atoms with Gasteiger partial charge >= 0.3 is 33.3 Å². The Kier molecular flexibility index (Phi) is 19.1. The minimum atomic E-state index is -0.476. The molecular formula is C61H88B3BrN6O10. The SMILES string of the molecule is C.CC1(C)OB(B2OC(C)(C)C(C)(C)O2)OC1(C)C.CN1CCN(Cc2ccc3c(c2)CN(C(=O)Oc2ccc(B4OC(C)(C)C(C)(C)O4)cc2)C3)CC1.CN1CCN(Cc2ccc3c(c2)CN(C(=O)Oc2ccc(Br)cc2)C3)CC1. The Hall–Kier alpha value is -4.31. The van der Waals surface area contributed by atoms with Gasteiger partial charge in [-0.1, -0.05) is 71.9 Å². The molecule has 0 atom stereocenters. The Bertz CT molecular complexity index is 2740. The Morgan fingerprint density at radius 3 is 1.14 bits per heavy atom. The van der Waals surface area contributed by atoms with Crippen LogP contribution in [0.15, 0.2) is 89.4 Å². The number of carbonyl (C=O) groups is 2. The normalized spacial score (nSPS) is 22.5. The largest absolute Gasteiger partial charge is 0.494 e. The van der Waals surface area contributed by atoms with Gasteiger partial charge < -0.3 is 47.2 Å². The molecule has 20 heteroatoms. The molecule has 0 spiro atoms. The number of amides is 2. The quantitative estimate of drug-likeness (QED) is 0.155. The summed E-state index contributed by atoms with van der Waals surface area (Å²) < 4.78 is 48.2. The number of halogens is 1. The van der Waals surface area contributed by atoms with E-state index in [1.807, 2.05) is 107 Å². The van der Waals surface area contributed by atoms with Crippen molar-refractivity contribution in [3.8, 4) is 11.5 Å². The number of carbonyl (C=O) groups excluding carboxylic acids is 2. The van der Waals surface area contributed by atoms with Crippen LogP contribution in [0.5, 0.6) is 11.5 Å². The van der Waals surface area contributed by atoms with Gasteiger partial charge in [0.25, 0.3) is 0 Å². The third kappa shape index (κ3) is 14.8. The Morgan fingerprint density at radius 2 is 0.778 bits per heavy atom. The zero-order valence-corrected chi connectivity index (χ0v) is 51.4. The second kappa shape index (κ2) is 24.7. The van der Waals surface area contributed by atoms with Crippen LogP contribution in [0.2, 0.25) is 0 Å². The van der Waals surface area contributed by atoms with Crippen molar-refractivity contribution in [1.29, 1.82) is 0 Å². The van der Waals surface area contributed by atoms with E-state index in [1.165, 1.54) is 33.4 Å². The molecule has 4 aromatic carbocycles. The predicted molar refractivity (Wildman–Crippen MR) is 324 cm³/mol. The fraction of sp³-hybridized carbons (Fsp3) is 0.574. The second-order valence-electron chi connectivity index (χ2n) is 25.7. The smallest absolute Gasteiger partial charge is 0.410 e. The fourth-order valence-corrected chi connectivity index (χ4v) is 10.6. The van der Waals surface area contributed by atoms with Gasteiger partial charge in [0.15, 0.2) is 0 Å². The summed E-state index contributed by atoms with van der Waals surface area (Å²) in [7, 11) is 2.97. The highest BCUT2D eigenvalue weighted by molar-refractivity contribution is 9.10. The van der Waals surface area contributed by atoms with Crippen molar-refractivity contribution in [3.05, 3.63) is 123 Å². The Labute approximate surface area is 492 Å². The third-order valence-corrected chi connectivity index (χ3v) is 18.4. The zero-order valence-electron chi connectivity index (χ0n) is 49.9. The van der Waals surface area contributed by atoms with Crippen LogP contribution >= 0.6 is 15.9 Å². The average molecular weight is 1180 g/mol. The van der Waals surface area contributed by atoms with Crippen LogP contribution in [0.1, 0.15) is 124 Å². The van der Waals surface area contributed by atoms with E-state index in [4.69, 9.17) is 37.4 Å². The fourth-order valence-electron chi connectivity index (χ4n) is 10.4. The summed E-state index contributed by atoms with van der Waals surface area (Å²) in [5.41, 5.74) is 6.17. The molecule has 7 heterocycles. The second-order valence-corrected chi connectivity index (χ2v) is 26.6. The number of hydrogen-bond donors (Lipinski definition) is 0. The standard InChI is InChI=1S/C27H36BN3O4.C21H24BrN3O2.C12H24B2O4.CH4/c1-26(2)27(3,4)35-28(34-26)23-8-10-24(11-9-23)33-25(32)31-18-21-7-6-20(16-22(21)19-31)17-30-14-12-29(5)13-15-30;1-23-8-10-24(11-9-23)13-16-2-3-17-14-25(15-18(17)12-16)21(26)27-20-6-4-19(22)5-7-20;1-9(2)10(3,4)16-13(15-9)14-17-11(5,6)12(7,8)18-14;/h6-11,16H,12-15,17-19H2,1-5H3;2-7,12H,8-11,13-15H2,1H3;1-8H3;1H4. The van der Waals surface area contributed by atoms with Crippen LogP contribution in [0.3, 0.4) is 0 Å². The molecule has 11 rings (SSSR count). The molecule has 0 aliphatic carbocycles. The maximum atomic E-state index is 12.9. The lowest BCUT2D eigenvalue weighted by molar-refractivity contribution is 0.00578. The lowest BCUT2D eigenvalue weighted by atomic mass is 9.49. The minimum absolute atomic E-state index is 0. The number of benzene rings is 4. The van der Waals surface area contributed by atoms with Crippen LogP contribution < -0.4 is 14.9 Å². The number of nitrogens with zero attached hydrogens (tertiary/aromatic N) is 6. The van der Waals surface area contributed by atoms with Gasteiger partial charge in [0.1, 0.15) is 11.5 Å². The number of ether oxygens (including phenoxy) is 2. The van der Waals surface area contributed by atoms with E-state index in [9.17, 15) is 9.59 Å². The first-order chi connectivity index (χ1) is 37.5. The molecule has 4 aromatic rings. The molecule has 0 saturated carbocycles. The van der Waals surface area contributed by atoms with Crippen LogP contribution in [0.25, 0.3) is 0 Å². The van der Waals surface area contributed by atoms with Crippen molar-refractivity contribution in [1.82, 2.24) is 29.4 Å². The summed E-state index contributed by atoms with van der Waals surface area (Å²) in [6.45, 7) is 37.6. The molecule has 81 heavy (non-hydrogen) atoms. The summed E-state index contributed by atoms with van der Waals surface area (Å²) in [5.74, 6) is 1.08. The van der Waals surface area contributed by atoms with Crippen LogP contribution in [0.4, 0.5) is 9.59 Å². The van der Waals surface area contributed by atoms with Gasteiger partial charge in [-0.2, -0.15) is 0 Å². The molecular weight excluding hydrogens is 1090 g/mol. The van der Waals surface area contributed by atoms with Crippen molar-refractivity contribution in [2.45, 2.75) is 163 Å². The van der Waals surface area contributed by atoms with E-state index in [0.717, 1.165) is 75.4 Å². The van der Waals surface area contributed by atoms with Gasteiger partial charge in [0, 0.05) is 96.1 Å². The first-order valence-electron chi connectivity index (χ1n) is 28.4. The van der Waals surface area contributed by atoms with Crippen LogP contribution in [-0.2, 0) is 67.2 Å². The van der Waals surface area contributed by atoms with Gasteiger partial charge in [0.05, 0.1) is 33.6 Å². The van der Waals surface area contributed by atoms with Crippen molar-refractivity contribution in [3.63, 3.8) is 0 Å². The van der Waals surface area contributed by atoms with Gasteiger partial charge in [0.2, 0.25) is 0 Å². The van der Waals surface area contributed by atoms with Crippen LogP contribution in [0, 0.1) is 0 Å². The molecule has 0 radical (unpaired) electrons. The van der Waals surface area contributed by atoms with E-state index in [0.29, 0.717) is 37.7 Å². The van der Waals surface area contributed by atoms with E-state index in [1.54, 1.807) is 34.1 Å². The van der Waals surface area contributed by atoms with E-state index < -0.39 is 32.3 Å². The monoisotopic (exact) mass is 1180 g/mol. The first kappa shape index (κ1) is 62.7. The number of piperazine rings is 2. The maximum Gasteiger partial charge on any atom is 0.494 e. The molecule has 0 bridgehead atoms. The molecule has 0 aromatic heterocycles. The Balaban J connectivity index is 0.000000167. The topological polar surface area (TPSA) is 127 Å². The summed E-state index contributed by atoms with van der Waals surface area (Å²) in [6.07, 6.45) is -0.626. The average Bonchev–Trinajstić information content (AvgIpc) is 4.33. The molecule has 5 saturated heterocycles. The number of rotatable bonds is 8.